The van der Waals surface area contributed by atoms with Crippen LogP contribution in [0.2, 0.25) is 0 Å². The monoisotopic (exact) mass is 366 g/mol. The van der Waals surface area contributed by atoms with Crippen molar-refractivity contribution in [1.82, 2.24) is 10.2 Å². The number of hydrogen-bond acceptors (Lipinski definition) is 5. The van der Waals surface area contributed by atoms with E-state index in [0.29, 0.717) is 6.42 Å². The second kappa shape index (κ2) is 9.40. The van der Waals surface area contributed by atoms with E-state index in [1.807, 2.05) is 0 Å². The molecule has 7 nitrogen and oxygen atoms in total. The van der Waals surface area contributed by atoms with Crippen LogP contribution in [-0.4, -0.2) is 67.3 Å². The van der Waals surface area contributed by atoms with Gasteiger partial charge in [0.15, 0.2) is 12.7 Å². The fourth-order valence-corrected chi connectivity index (χ4v) is 2.26. The van der Waals surface area contributed by atoms with Gasteiger partial charge in [-0.1, -0.05) is 6.08 Å². The zero-order valence-corrected chi connectivity index (χ0v) is 13.8. The summed E-state index contributed by atoms with van der Waals surface area (Å²) in [5, 5.41) is 1.76. The quantitative estimate of drug-likeness (QED) is 0.507. The average Bonchev–Trinajstić information content (AvgIpc) is 3.04. The summed E-state index contributed by atoms with van der Waals surface area (Å²) in [4.78, 5) is 36.7. The number of halogens is 3. The van der Waals surface area contributed by atoms with Crippen LogP contribution in [0.25, 0.3) is 0 Å². The van der Waals surface area contributed by atoms with Crippen LogP contribution in [0.4, 0.5) is 13.2 Å². The Labute approximate surface area is 143 Å². The second-order valence-electron chi connectivity index (χ2n) is 5.45. The minimum atomic E-state index is -4.53. The molecule has 1 aliphatic rings. The van der Waals surface area contributed by atoms with Gasteiger partial charge in [0.1, 0.15) is 12.6 Å². The molecule has 2 atom stereocenters. The van der Waals surface area contributed by atoms with E-state index in [2.05, 4.69) is 6.58 Å². The van der Waals surface area contributed by atoms with Crippen molar-refractivity contribution in [2.75, 3.05) is 26.3 Å². The van der Waals surface area contributed by atoms with E-state index in [-0.39, 0.29) is 19.6 Å². The van der Waals surface area contributed by atoms with Gasteiger partial charge in [0.2, 0.25) is 5.91 Å². The van der Waals surface area contributed by atoms with E-state index >= 15 is 0 Å². The summed E-state index contributed by atoms with van der Waals surface area (Å²) < 4.78 is 46.3. The summed E-state index contributed by atoms with van der Waals surface area (Å²) in [7, 11) is 0. The number of ether oxygens (including phenoxy) is 2. The van der Waals surface area contributed by atoms with Crippen LogP contribution in [-0.2, 0) is 23.9 Å². The van der Waals surface area contributed by atoms with Crippen LogP contribution < -0.4 is 5.32 Å². The first-order chi connectivity index (χ1) is 11.7. The number of carbonyl (C=O) groups excluding carboxylic acids is 3. The molecule has 1 fully saturated rings. The molecule has 1 N–H and O–H groups in total. The van der Waals surface area contributed by atoms with Gasteiger partial charge in [-0.05, 0) is 19.8 Å². The largest absolute Gasteiger partial charge is 0.454 e. The molecule has 0 aromatic heterocycles. The third-order valence-corrected chi connectivity index (χ3v) is 3.47. The predicted molar refractivity (Wildman–Crippen MR) is 80.4 cm³/mol. The van der Waals surface area contributed by atoms with Crippen molar-refractivity contribution < 1.29 is 37.0 Å². The van der Waals surface area contributed by atoms with Crippen molar-refractivity contribution in [1.29, 1.82) is 0 Å². The first-order valence-electron chi connectivity index (χ1n) is 7.68. The molecule has 0 radical (unpaired) electrons. The Morgan fingerprint density at radius 3 is 2.68 bits per heavy atom. The SMILES string of the molecule is C=CCOC(C)C(=O)OCC(=O)N1CCCC1C(=O)NCC(F)(F)F. The number of carbonyl (C=O) groups is 3. The zero-order valence-electron chi connectivity index (χ0n) is 13.8. The van der Waals surface area contributed by atoms with E-state index in [4.69, 9.17) is 9.47 Å². The van der Waals surface area contributed by atoms with Gasteiger partial charge < -0.3 is 19.7 Å². The summed E-state index contributed by atoms with van der Waals surface area (Å²) in [6.45, 7) is 3.15. The average molecular weight is 366 g/mol. The molecule has 142 valence electrons. The van der Waals surface area contributed by atoms with E-state index in [1.165, 1.54) is 13.0 Å². The molecular weight excluding hydrogens is 345 g/mol. The fraction of sp³-hybridized carbons (Fsp3) is 0.667. The smallest absolute Gasteiger partial charge is 0.405 e. The van der Waals surface area contributed by atoms with Crippen LogP contribution in [0.3, 0.4) is 0 Å². The van der Waals surface area contributed by atoms with Gasteiger partial charge >= 0.3 is 12.1 Å². The van der Waals surface area contributed by atoms with Crippen LogP contribution in [0, 0.1) is 0 Å². The van der Waals surface area contributed by atoms with Crippen molar-refractivity contribution in [2.45, 2.75) is 38.1 Å². The molecule has 0 aliphatic carbocycles. The third-order valence-electron chi connectivity index (χ3n) is 3.47. The number of hydrogen-bond donors (Lipinski definition) is 1. The predicted octanol–water partition coefficient (Wildman–Crippen LogP) is 0.790. The van der Waals surface area contributed by atoms with E-state index in [1.54, 1.807) is 5.32 Å². The van der Waals surface area contributed by atoms with Crippen LogP contribution in [0.1, 0.15) is 19.8 Å². The zero-order chi connectivity index (χ0) is 19.0. The number of likely N-dealkylation sites (tertiary alicyclic amines) is 1. The highest BCUT2D eigenvalue weighted by Crippen LogP contribution is 2.19. The summed E-state index contributed by atoms with van der Waals surface area (Å²) in [6, 6.07) is -0.997. The summed E-state index contributed by atoms with van der Waals surface area (Å²) >= 11 is 0. The second-order valence-corrected chi connectivity index (χ2v) is 5.45. The van der Waals surface area contributed by atoms with Crippen molar-refractivity contribution in [3.8, 4) is 0 Å². The highest BCUT2D eigenvalue weighted by Gasteiger charge is 2.36. The Bertz CT molecular complexity index is 510. The maximum absolute atomic E-state index is 12.2. The van der Waals surface area contributed by atoms with Gasteiger partial charge in [0.25, 0.3) is 5.91 Å². The van der Waals surface area contributed by atoms with Gasteiger partial charge in [0, 0.05) is 6.54 Å². The lowest BCUT2D eigenvalue weighted by molar-refractivity contribution is -0.161. The van der Waals surface area contributed by atoms with Gasteiger partial charge in [-0.15, -0.1) is 6.58 Å². The maximum Gasteiger partial charge on any atom is 0.405 e. The van der Waals surface area contributed by atoms with E-state index in [0.717, 1.165) is 4.90 Å². The van der Waals surface area contributed by atoms with Crippen molar-refractivity contribution in [3.05, 3.63) is 12.7 Å². The van der Waals surface area contributed by atoms with Gasteiger partial charge in [0.05, 0.1) is 6.61 Å². The van der Waals surface area contributed by atoms with E-state index in [9.17, 15) is 27.6 Å². The number of alkyl halides is 3. The summed E-state index contributed by atoms with van der Waals surface area (Å²) in [5.74, 6) is -2.28. The molecular formula is C15H21F3N2O5. The molecule has 0 spiro atoms. The maximum atomic E-state index is 12.2. The Hall–Kier alpha value is -2.10. The molecule has 0 aromatic carbocycles. The number of amides is 2. The standard InChI is InChI=1S/C15H21F3N2O5/c1-3-7-24-10(2)14(23)25-8-12(21)20-6-4-5-11(20)13(22)19-9-15(16,17)18/h3,10-11H,1,4-9H2,2H3,(H,19,22). The van der Waals surface area contributed by atoms with Gasteiger partial charge in [-0.3, -0.25) is 9.59 Å². The summed E-state index contributed by atoms with van der Waals surface area (Å²) in [5.41, 5.74) is 0. The first-order valence-corrected chi connectivity index (χ1v) is 7.68. The van der Waals surface area contributed by atoms with Crippen LogP contribution in [0.15, 0.2) is 12.7 Å². The molecule has 0 saturated carbocycles. The number of rotatable bonds is 8. The molecule has 1 rings (SSSR count). The van der Waals surface area contributed by atoms with Crippen LogP contribution >= 0.6 is 0 Å². The number of esters is 1. The molecule has 1 heterocycles. The molecule has 2 amide bonds. The first kappa shape index (κ1) is 20.9. The topological polar surface area (TPSA) is 84.9 Å². The van der Waals surface area contributed by atoms with Gasteiger partial charge in [-0.2, -0.15) is 13.2 Å². The van der Waals surface area contributed by atoms with Crippen LogP contribution in [0.5, 0.6) is 0 Å². The highest BCUT2D eigenvalue weighted by atomic mass is 19.4. The summed E-state index contributed by atoms with van der Waals surface area (Å²) in [6.07, 6.45) is -3.25. The number of nitrogens with zero attached hydrogens (tertiary/aromatic N) is 1. The molecule has 25 heavy (non-hydrogen) atoms. The lowest BCUT2D eigenvalue weighted by Crippen LogP contribution is -2.49. The van der Waals surface area contributed by atoms with E-state index < -0.39 is 49.3 Å². The Balaban J connectivity index is 2.49. The Morgan fingerprint density at radius 2 is 2.08 bits per heavy atom. The Morgan fingerprint density at radius 1 is 1.40 bits per heavy atom. The third kappa shape index (κ3) is 7.12. The molecule has 0 bridgehead atoms. The van der Waals surface area contributed by atoms with Crippen molar-refractivity contribution >= 4 is 17.8 Å². The van der Waals surface area contributed by atoms with Crippen molar-refractivity contribution in [2.24, 2.45) is 0 Å². The fourth-order valence-electron chi connectivity index (χ4n) is 2.26. The minimum Gasteiger partial charge on any atom is -0.454 e. The molecule has 2 unspecified atom stereocenters. The number of nitrogens with one attached hydrogen (secondary N) is 1. The molecule has 1 saturated heterocycles. The molecule has 0 aromatic rings. The van der Waals surface area contributed by atoms with Gasteiger partial charge in [-0.25, -0.2) is 4.79 Å². The molecule has 10 heteroatoms. The normalized spacial score (nSPS) is 18.6. The lowest BCUT2D eigenvalue weighted by atomic mass is 10.2. The minimum absolute atomic E-state index is 0.137. The Kier molecular flexibility index (Phi) is 7.88. The molecule has 1 aliphatic heterocycles. The highest BCUT2D eigenvalue weighted by molar-refractivity contribution is 5.89. The van der Waals surface area contributed by atoms with Crippen molar-refractivity contribution in [3.63, 3.8) is 0 Å². The lowest BCUT2D eigenvalue weighted by Gasteiger charge is -2.24.